The normalized spacial score (nSPS) is 10.4. The van der Waals surface area contributed by atoms with Crippen molar-refractivity contribution in [2.75, 3.05) is 18.6 Å². The van der Waals surface area contributed by atoms with Crippen LogP contribution in [0.1, 0.15) is 5.56 Å². The van der Waals surface area contributed by atoms with E-state index in [0.717, 1.165) is 5.56 Å². The number of ether oxygens (including phenoxy) is 3. The van der Waals surface area contributed by atoms with Crippen LogP contribution in [0.3, 0.4) is 0 Å². The number of nitrogens with zero attached hydrogens (tertiary/aromatic N) is 3. The van der Waals surface area contributed by atoms with Crippen LogP contribution in [0, 0.1) is 0 Å². The van der Waals surface area contributed by atoms with Gasteiger partial charge in [-0.1, -0.05) is 41.9 Å². The van der Waals surface area contributed by atoms with Crippen molar-refractivity contribution < 1.29 is 14.2 Å². The molecule has 0 saturated heterocycles. The Hall–Kier alpha value is -2.70. The molecule has 0 atom stereocenters. The number of para-hydroxylation sites is 2. The maximum Gasteiger partial charge on any atom is 0.328 e. The second-order valence-corrected chi connectivity index (χ2v) is 6.23. The quantitative estimate of drug-likeness (QED) is 0.509. The highest BCUT2D eigenvalue weighted by atomic mass is 35.5. The third-order valence-corrected chi connectivity index (χ3v) is 4.30. The van der Waals surface area contributed by atoms with E-state index in [1.807, 2.05) is 42.5 Å². The third kappa shape index (κ3) is 4.72. The largest absolute Gasteiger partial charge is 0.481 e. The number of benzene rings is 2. The molecule has 0 saturated carbocycles. The summed E-state index contributed by atoms with van der Waals surface area (Å²) in [7, 11) is 3.02. The molecular formula is C19H17Cl2N3O3. The molecule has 1 heterocycles. The van der Waals surface area contributed by atoms with Crippen molar-refractivity contribution >= 4 is 29.1 Å². The Morgan fingerprint density at radius 3 is 2.22 bits per heavy atom. The molecule has 0 fully saturated rings. The van der Waals surface area contributed by atoms with E-state index in [9.17, 15) is 0 Å². The molecule has 0 bridgehead atoms. The van der Waals surface area contributed by atoms with Gasteiger partial charge >= 0.3 is 6.01 Å². The Bertz CT molecular complexity index is 902. The van der Waals surface area contributed by atoms with Gasteiger partial charge in [-0.05, 0) is 18.2 Å². The fourth-order valence-electron chi connectivity index (χ4n) is 2.35. The lowest BCUT2D eigenvalue weighted by Gasteiger charge is -2.19. The summed E-state index contributed by atoms with van der Waals surface area (Å²) >= 11 is 12.7. The molecule has 3 rings (SSSR count). The number of aromatic nitrogens is 2. The van der Waals surface area contributed by atoms with Gasteiger partial charge in [-0.25, -0.2) is 0 Å². The summed E-state index contributed by atoms with van der Waals surface area (Å²) in [5.74, 6) is 1.24. The van der Waals surface area contributed by atoms with E-state index in [1.165, 1.54) is 18.6 Å². The molecule has 0 spiro atoms. The van der Waals surface area contributed by atoms with E-state index < -0.39 is 0 Å². The van der Waals surface area contributed by atoms with Crippen molar-refractivity contribution in [2.45, 2.75) is 6.54 Å². The topological polar surface area (TPSA) is 56.7 Å². The first-order valence-electron chi connectivity index (χ1n) is 8.01. The van der Waals surface area contributed by atoms with Gasteiger partial charge in [0.1, 0.15) is 5.75 Å². The SMILES string of the molecule is COc1cc(OC)nc(Oc2ccccc2CN(Cl)c2ccccc2Cl)n1. The van der Waals surface area contributed by atoms with Crippen molar-refractivity contribution in [3.05, 3.63) is 65.2 Å². The molecule has 140 valence electrons. The first kappa shape index (κ1) is 19.1. The van der Waals surface area contributed by atoms with Gasteiger partial charge in [0, 0.05) is 17.3 Å². The van der Waals surface area contributed by atoms with E-state index in [-0.39, 0.29) is 6.01 Å². The summed E-state index contributed by atoms with van der Waals surface area (Å²) in [6.45, 7) is 0.364. The van der Waals surface area contributed by atoms with Crippen LogP contribution >= 0.6 is 23.4 Å². The highest BCUT2D eigenvalue weighted by molar-refractivity contribution is 6.36. The molecule has 0 unspecified atom stereocenters. The molecule has 8 heteroatoms. The van der Waals surface area contributed by atoms with Crippen molar-refractivity contribution in [2.24, 2.45) is 0 Å². The molecular weight excluding hydrogens is 389 g/mol. The Kier molecular flexibility index (Phi) is 6.21. The Morgan fingerprint density at radius 2 is 1.56 bits per heavy atom. The second kappa shape index (κ2) is 8.79. The lowest BCUT2D eigenvalue weighted by molar-refractivity contribution is 0.347. The van der Waals surface area contributed by atoms with Gasteiger partial charge in [-0.2, -0.15) is 9.97 Å². The molecule has 0 aliphatic heterocycles. The first-order valence-corrected chi connectivity index (χ1v) is 8.73. The molecule has 27 heavy (non-hydrogen) atoms. The van der Waals surface area contributed by atoms with E-state index in [4.69, 9.17) is 37.6 Å². The summed E-state index contributed by atoms with van der Waals surface area (Å²) in [6, 6.07) is 16.5. The average Bonchev–Trinajstić information content (AvgIpc) is 2.69. The second-order valence-electron chi connectivity index (χ2n) is 5.42. The monoisotopic (exact) mass is 405 g/mol. The molecule has 0 aliphatic rings. The summed E-state index contributed by atoms with van der Waals surface area (Å²) in [6.07, 6.45) is 0. The van der Waals surface area contributed by atoms with Gasteiger partial charge in [0.2, 0.25) is 11.8 Å². The van der Waals surface area contributed by atoms with Gasteiger partial charge in [0.25, 0.3) is 0 Å². The number of hydrogen-bond acceptors (Lipinski definition) is 6. The summed E-state index contributed by atoms with van der Waals surface area (Å²) in [5, 5.41) is 0.562. The van der Waals surface area contributed by atoms with Crippen LogP contribution in [-0.2, 0) is 6.54 Å². The smallest absolute Gasteiger partial charge is 0.328 e. The van der Waals surface area contributed by atoms with Crippen LogP contribution in [0.4, 0.5) is 5.69 Å². The Morgan fingerprint density at radius 1 is 0.926 bits per heavy atom. The number of methoxy groups -OCH3 is 2. The minimum Gasteiger partial charge on any atom is -0.481 e. The van der Waals surface area contributed by atoms with Crippen LogP contribution in [0.5, 0.6) is 23.5 Å². The maximum absolute atomic E-state index is 6.44. The lowest BCUT2D eigenvalue weighted by atomic mass is 10.2. The number of halogens is 2. The summed E-state index contributed by atoms with van der Waals surface area (Å²) in [5.41, 5.74) is 1.53. The molecule has 1 aromatic heterocycles. The van der Waals surface area contributed by atoms with Crippen LogP contribution < -0.4 is 18.6 Å². The van der Waals surface area contributed by atoms with E-state index in [0.29, 0.717) is 34.8 Å². The van der Waals surface area contributed by atoms with Crippen molar-refractivity contribution in [3.8, 4) is 23.5 Å². The van der Waals surface area contributed by atoms with Gasteiger partial charge in [-0.15, -0.1) is 0 Å². The van der Waals surface area contributed by atoms with Crippen molar-refractivity contribution in [1.82, 2.24) is 9.97 Å². The highest BCUT2D eigenvalue weighted by Crippen LogP contribution is 2.32. The zero-order valence-corrected chi connectivity index (χ0v) is 16.2. The van der Waals surface area contributed by atoms with Crippen molar-refractivity contribution in [1.29, 1.82) is 0 Å². The summed E-state index contributed by atoms with van der Waals surface area (Å²) < 4.78 is 17.7. The molecule has 2 aromatic carbocycles. The molecule has 0 amide bonds. The standard InChI is InChI=1S/C19H17Cl2N3O3/c1-25-17-11-18(26-2)23-19(22-17)27-16-10-6-3-7-13(16)12-24(21)15-9-5-4-8-14(15)20/h3-11H,12H2,1-2H3. The number of rotatable bonds is 7. The van der Waals surface area contributed by atoms with Gasteiger partial charge in [0.15, 0.2) is 0 Å². The summed E-state index contributed by atoms with van der Waals surface area (Å²) in [4.78, 5) is 8.37. The average molecular weight is 406 g/mol. The number of anilines is 1. The molecule has 3 aromatic rings. The minimum atomic E-state index is 0.109. The van der Waals surface area contributed by atoms with Gasteiger partial charge < -0.3 is 14.2 Å². The van der Waals surface area contributed by atoms with E-state index >= 15 is 0 Å². The third-order valence-electron chi connectivity index (χ3n) is 3.67. The van der Waals surface area contributed by atoms with Crippen molar-refractivity contribution in [3.63, 3.8) is 0 Å². The number of hydrogen-bond donors (Lipinski definition) is 0. The van der Waals surface area contributed by atoms with E-state index in [1.54, 1.807) is 12.1 Å². The Labute approximate surface area is 167 Å². The molecule has 0 radical (unpaired) electrons. The van der Waals surface area contributed by atoms with Crippen LogP contribution in [0.15, 0.2) is 54.6 Å². The highest BCUT2D eigenvalue weighted by Gasteiger charge is 2.14. The molecule has 6 nitrogen and oxygen atoms in total. The lowest BCUT2D eigenvalue weighted by Crippen LogP contribution is -2.11. The molecule has 0 aliphatic carbocycles. The zero-order valence-electron chi connectivity index (χ0n) is 14.7. The predicted molar refractivity (Wildman–Crippen MR) is 105 cm³/mol. The Balaban J connectivity index is 1.85. The minimum absolute atomic E-state index is 0.109. The van der Waals surface area contributed by atoms with Gasteiger partial charge in [-0.3, -0.25) is 4.42 Å². The maximum atomic E-state index is 6.44. The first-order chi connectivity index (χ1) is 13.1. The fraction of sp³-hybridized carbons (Fsp3) is 0.158. The molecule has 0 N–H and O–H groups in total. The van der Waals surface area contributed by atoms with Crippen LogP contribution in [0.25, 0.3) is 0 Å². The van der Waals surface area contributed by atoms with Gasteiger partial charge in [0.05, 0.1) is 37.5 Å². The fourth-order valence-corrected chi connectivity index (χ4v) is 2.91. The van der Waals surface area contributed by atoms with Crippen LogP contribution in [-0.4, -0.2) is 24.2 Å². The van der Waals surface area contributed by atoms with Crippen LogP contribution in [0.2, 0.25) is 5.02 Å². The zero-order chi connectivity index (χ0) is 19.2. The van der Waals surface area contributed by atoms with E-state index in [2.05, 4.69) is 9.97 Å². The predicted octanol–water partition coefficient (Wildman–Crippen LogP) is 5.10.